The summed E-state index contributed by atoms with van der Waals surface area (Å²) < 4.78 is 27.1. The van der Waals surface area contributed by atoms with Gasteiger partial charge in [-0.25, -0.2) is 0 Å². The molecule has 2 amide bonds. The van der Waals surface area contributed by atoms with Gasteiger partial charge in [0, 0.05) is 59.3 Å². The molecular formula is C50H82N2O16. The molecule has 0 aliphatic heterocycles. The first kappa shape index (κ1) is 57.2. The van der Waals surface area contributed by atoms with E-state index in [0.717, 1.165) is 38.5 Å². The highest BCUT2D eigenvalue weighted by Crippen LogP contribution is 2.68. The number of rotatable bonds is 33. The van der Waals surface area contributed by atoms with Gasteiger partial charge in [0.25, 0.3) is 0 Å². The van der Waals surface area contributed by atoms with Gasteiger partial charge in [-0.05, 0) is 123 Å². The molecule has 0 heterocycles. The fourth-order valence-electron chi connectivity index (χ4n) is 12.4. The first-order chi connectivity index (χ1) is 32.3. The fourth-order valence-corrected chi connectivity index (χ4v) is 12.4. The molecule has 0 saturated heterocycles. The van der Waals surface area contributed by atoms with Gasteiger partial charge in [-0.1, -0.05) is 20.8 Å². The standard InChI is InChI=1S/C50H82N2O16/c1-31(10-17-45(60)61)38-13-14-39-47-40(27-42(57)50(38,39)3)49(2)19-18-37(25-33(49)26-41(47)56)68-30-35(54)12-16-43(58)51-20-21-66-22-23-67-29-36(55)24-32(48(62)63)11-15-44(59)52-28-34(53)8-6-7-9-46(64-4)65-5/h31-33,37-42,46-47,56-57H,6-30H2,1-5H3,(H,51,58)(H,52,59)(H,60,61)(H,62,63)/t31-,32-,33+,37+,38-,39?,40+,41-,42+,47+,49+,50-/m1/s1. The number of aliphatic hydroxyl groups is 2. The van der Waals surface area contributed by atoms with E-state index >= 15 is 0 Å². The summed E-state index contributed by atoms with van der Waals surface area (Å²) in [7, 11) is 3.08. The number of unbranched alkanes of at least 4 members (excludes halogenated alkanes) is 1. The molecule has 1 unspecified atom stereocenters. The largest absolute Gasteiger partial charge is 0.481 e. The second-order valence-electron chi connectivity index (χ2n) is 20.5. The third-order valence-electron chi connectivity index (χ3n) is 16.3. The smallest absolute Gasteiger partial charge is 0.306 e. The average molecular weight is 967 g/mol. The molecule has 4 rings (SSSR count). The van der Waals surface area contributed by atoms with Gasteiger partial charge < -0.3 is 54.7 Å². The van der Waals surface area contributed by atoms with Crippen molar-refractivity contribution in [1.29, 1.82) is 0 Å². The number of fused-ring (bicyclic) bond motifs is 5. The minimum absolute atomic E-state index is 0.00365. The van der Waals surface area contributed by atoms with Gasteiger partial charge in [0.1, 0.15) is 13.2 Å². The number of nitrogens with one attached hydrogen (secondary N) is 2. The van der Waals surface area contributed by atoms with Gasteiger partial charge in [0.05, 0.1) is 50.6 Å². The van der Waals surface area contributed by atoms with E-state index in [9.17, 15) is 54.0 Å². The number of carboxylic acids is 2. The molecule has 6 N–H and O–H groups in total. The van der Waals surface area contributed by atoms with Crippen molar-refractivity contribution in [2.24, 2.45) is 52.3 Å². The summed E-state index contributed by atoms with van der Waals surface area (Å²) in [4.78, 5) is 84.9. The number of hydrogen-bond acceptors (Lipinski definition) is 14. The van der Waals surface area contributed by atoms with Crippen molar-refractivity contribution in [3.63, 3.8) is 0 Å². The minimum Gasteiger partial charge on any atom is -0.481 e. The van der Waals surface area contributed by atoms with Crippen LogP contribution in [0.3, 0.4) is 0 Å². The Balaban J connectivity index is 1.03. The number of methoxy groups -OCH3 is 2. The molecule has 68 heavy (non-hydrogen) atoms. The van der Waals surface area contributed by atoms with Crippen LogP contribution in [-0.2, 0) is 57.2 Å². The van der Waals surface area contributed by atoms with E-state index in [1.807, 2.05) is 0 Å². The highest BCUT2D eigenvalue weighted by molar-refractivity contribution is 5.87. The lowest BCUT2D eigenvalue weighted by atomic mass is 9.43. The highest BCUT2D eigenvalue weighted by atomic mass is 16.7. The quantitative estimate of drug-likeness (QED) is 0.0396. The Morgan fingerprint density at radius 2 is 1.43 bits per heavy atom. The zero-order chi connectivity index (χ0) is 50.0. The maximum atomic E-state index is 12.8. The van der Waals surface area contributed by atoms with Crippen LogP contribution < -0.4 is 10.6 Å². The van der Waals surface area contributed by atoms with Crippen LogP contribution in [0.25, 0.3) is 0 Å². The van der Waals surface area contributed by atoms with Crippen molar-refractivity contribution in [3.8, 4) is 0 Å². The maximum absolute atomic E-state index is 12.8. The number of amides is 2. The molecule has 4 aliphatic carbocycles. The molecule has 0 spiro atoms. The molecule has 4 fully saturated rings. The molecule has 0 aromatic heterocycles. The molecule has 0 bridgehead atoms. The van der Waals surface area contributed by atoms with Crippen LogP contribution in [0.1, 0.15) is 136 Å². The summed E-state index contributed by atoms with van der Waals surface area (Å²) in [5, 5.41) is 47.6. The van der Waals surface area contributed by atoms with Crippen molar-refractivity contribution in [1.82, 2.24) is 10.6 Å². The Kier molecular flexibility index (Phi) is 23.4. The van der Waals surface area contributed by atoms with E-state index in [2.05, 4.69) is 31.4 Å². The lowest BCUT2D eigenvalue weighted by Crippen LogP contribution is -2.62. The summed E-state index contributed by atoms with van der Waals surface area (Å²) in [6, 6.07) is 0. The maximum Gasteiger partial charge on any atom is 0.306 e. The van der Waals surface area contributed by atoms with E-state index in [-0.39, 0.29) is 167 Å². The first-order valence-corrected chi connectivity index (χ1v) is 25.1. The van der Waals surface area contributed by atoms with E-state index in [1.165, 1.54) is 0 Å². The van der Waals surface area contributed by atoms with Crippen molar-refractivity contribution in [2.45, 2.75) is 161 Å². The summed E-state index contributed by atoms with van der Waals surface area (Å²) >= 11 is 0. The normalized spacial score (nSPS) is 29.5. The van der Waals surface area contributed by atoms with Gasteiger partial charge in [0.15, 0.2) is 23.6 Å². The number of carbonyl (C=O) groups is 7. The lowest BCUT2D eigenvalue weighted by Gasteiger charge is -2.63. The summed E-state index contributed by atoms with van der Waals surface area (Å²) in [5.74, 6) is -3.59. The molecule has 18 nitrogen and oxygen atoms in total. The number of ketones is 3. The minimum atomic E-state index is -1.21. The van der Waals surface area contributed by atoms with Gasteiger partial charge in [0.2, 0.25) is 11.8 Å². The number of Topliss-reactive ketones (excluding diaryl/α,β-unsaturated/α-hetero) is 3. The zero-order valence-corrected chi connectivity index (χ0v) is 41.2. The van der Waals surface area contributed by atoms with Crippen molar-refractivity contribution in [3.05, 3.63) is 0 Å². The molecule has 0 aromatic carbocycles. The Morgan fingerprint density at radius 1 is 0.706 bits per heavy atom. The molecule has 18 heteroatoms. The monoisotopic (exact) mass is 967 g/mol. The average Bonchev–Trinajstić information content (AvgIpc) is 3.66. The molecule has 0 radical (unpaired) electrons. The fraction of sp³-hybridized carbons (Fsp3) is 0.860. The van der Waals surface area contributed by atoms with Crippen LogP contribution in [-0.4, -0.2) is 146 Å². The third kappa shape index (κ3) is 16.3. The number of ether oxygens (including phenoxy) is 5. The summed E-state index contributed by atoms with van der Waals surface area (Å²) in [5.41, 5.74) is -0.422. The molecule has 4 saturated carbocycles. The van der Waals surface area contributed by atoms with Crippen LogP contribution in [0.2, 0.25) is 0 Å². The van der Waals surface area contributed by atoms with Crippen LogP contribution in [0.4, 0.5) is 0 Å². The van der Waals surface area contributed by atoms with Gasteiger partial charge in [-0.3, -0.25) is 33.6 Å². The van der Waals surface area contributed by atoms with Gasteiger partial charge >= 0.3 is 11.9 Å². The first-order valence-electron chi connectivity index (χ1n) is 25.1. The van der Waals surface area contributed by atoms with E-state index in [0.29, 0.717) is 32.1 Å². The summed E-state index contributed by atoms with van der Waals surface area (Å²) in [6.07, 6.45) is 6.56. The Morgan fingerprint density at radius 3 is 2.13 bits per heavy atom. The molecular weight excluding hydrogens is 885 g/mol. The molecule has 388 valence electrons. The van der Waals surface area contributed by atoms with Crippen LogP contribution in [0.15, 0.2) is 0 Å². The number of carboxylic acid groups (broad SMARTS) is 2. The lowest BCUT2D eigenvalue weighted by molar-refractivity contribution is -0.209. The highest BCUT2D eigenvalue weighted by Gasteiger charge is 2.65. The van der Waals surface area contributed by atoms with Crippen LogP contribution in [0, 0.1) is 52.3 Å². The van der Waals surface area contributed by atoms with Crippen LogP contribution in [0.5, 0.6) is 0 Å². The van der Waals surface area contributed by atoms with E-state index < -0.39 is 41.8 Å². The second-order valence-corrected chi connectivity index (χ2v) is 20.5. The van der Waals surface area contributed by atoms with Gasteiger partial charge in [-0.2, -0.15) is 0 Å². The Bertz CT molecular complexity index is 1670. The Labute approximate surface area is 402 Å². The number of aliphatic hydroxyl groups excluding tert-OH is 2. The summed E-state index contributed by atoms with van der Waals surface area (Å²) in [6.45, 7) is 6.61. The topological polar surface area (TPSA) is 271 Å². The van der Waals surface area contributed by atoms with Crippen LogP contribution >= 0.6 is 0 Å². The number of carbonyl (C=O) groups excluding carboxylic acids is 5. The SMILES string of the molecule is COC(CCCCC(=O)CNC(=O)CC[C@H](CC(=O)COCCOCCNC(=O)CCC(=O)CO[C@H]1CC[C@@]2(C)[C@@H](C1)C[C@@H](O)[C@H]1C3CC[C@H]([C@H](C)CCC(=O)O)[C@@]3(C)[C@@H](O)C[C@@H]12)C(=O)O)OC. The van der Waals surface area contributed by atoms with Crippen molar-refractivity contribution < 1.29 is 77.7 Å². The Hall–Kier alpha value is -3.39. The third-order valence-corrected chi connectivity index (χ3v) is 16.3. The van der Waals surface area contributed by atoms with E-state index in [4.69, 9.17) is 23.7 Å². The molecule has 0 aromatic rings. The molecule has 12 atom stereocenters. The predicted octanol–water partition coefficient (Wildman–Crippen LogP) is 4.28. The van der Waals surface area contributed by atoms with Crippen molar-refractivity contribution in [2.75, 3.05) is 60.3 Å². The van der Waals surface area contributed by atoms with Crippen molar-refractivity contribution >= 4 is 41.1 Å². The zero-order valence-electron chi connectivity index (χ0n) is 41.2. The number of hydrogen-bond donors (Lipinski definition) is 6. The predicted molar refractivity (Wildman–Crippen MR) is 247 cm³/mol. The van der Waals surface area contributed by atoms with Gasteiger partial charge in [-0.15, -0.1) is 0 Å². The second kappa shape index (κ2) is 27.9. The number of aliphatic carboxylic acids is 2. The molecule has 4 aliphatic rings. The van der Waals surface area contributed by atoms with E-state index in [1.54, 1.807) is 14.2 Å².